The van der Waals surface area contributed by atoms with E-state index < -0.39 is 23.4 Å². The van der Waals surface area contributed by atoms with Crippen molar-refractivity contribution in [3.63, 3.8) is 0 Å². The van der Waals surface area contributed by atoms with Crippen molar-refractivity contribution in [1.29, 1.82) is 0 Å². The Labute approximate surface area is 186 Å². The molecule has 0 aromatic heterocycles. The van der Waals surface area contributed by atoms with Crippen LogP contribution >= 0.6 is 0 Å². The van der Waals surface area contributed by atoms with E-state index >= 15 is 0 Å². The highest BCUT2D eigenvalue weighted by Crippen LogP contribution is 2.39. The van der Waals surface area contributed by atoms with E-state index in [0.29, 0.717) is 30.7 Å². The Morgan fingerprint density at radius 2 is 1.84 bits per heavy atom. The van der Waals surface area contributed by atoms with Crippen molar-refractivity contribution in [2.24, 2.45) is 0 Å². The molecule has 2 aliphatic rings. The molecule has 2 N–H and O–H groups in total. The van der Waals surface area contributed by atoms with E-state index in [4.69, 9.17) is 4.74 Å². The van der Waals surface area contributed by atoms with E-state index in [-0.39, 0.29) is 11.4 Å². The van der Waals surface area contributed by atoms with Gasteiger partial charge in [-0.1, -0.05) is 42.0 Å². The van der Waals surface area contributed by atoms with Crippen LogP contribution in [0.15, 0.2) is 48.5 Å². The number of rotatable bonds is 5. The number of ether oxygens (including phenoxy) is 1. The van der Waals surface area contributed by atoms with E-state index in [1.165, 1.54) is 6.07 Å². The number of benzene rings is 2. The third-order valence-electron chi connectivity index (χ3n) is 6.83. The van der Waals surface area contributed by atoms with Gasteiger partial charge in [0.1, 0.15) is 0 Å². The summed E-state index contributed by atoms with van der Waals surface area (Å²) in [5.41, 5.74) is 0.792. The molecule has 1 amide bonds. The molecule has 0 unspecified atom stereocenters. The van der Waals surface area contributed by atoms with Crippen LogP contribution in [-0.2, 0) is 21.2 Å². The van der Waals surface area contributed by atoms with Gasteiger partial charge < -0.3 is 15.4 Å². The summed E-state index contributed by atoms with van der Waals surface area (Å²) in [6, 6.07) is 14.0. The maximum atomic E-state index is 13.3. The summed E-state index contributed by atoms with van der Waals surface area (Å²) in [6.45, 7) is 4.40. The molecule has 1 spiro atoms. The lowest BCUT2D eigenvalue weighted by Crippen LogP contribution is -2.61. The fourth-order valence-electron chi connectivity index (χ4n) is 4.85. The Balaban J connectivity index is 1.53. The topological polar surface area (TPSA) is 50.4 Å². The highest BCUT2D eigenvalue weighted by atomic mass is 19.4. The molecule has 2 aromatic rings. The van der Waals surface area contributed by atoms with E-state index in [9.17, 15) is 18.0 Å². The molecule has 4 rings (SSSR count). The standard InChI is InChI=1S/C25H29F3N2O2/c1-17-12-19(14-21(13-17)25(26,27)28)18(2)32-16-24(20-6-4-3-5-7-20)11-10-23(15-29-24)9-8-22(31)30-23/h3-7,12-14,18,29H,8-11,15-16H2,1-2H3,(H,30,31)/t18-,23-,24+/m1/s1. The number of hydrogen-bond acceptors (Lipinski definition) is 3. The molecule has 2 aromatic carbocycles. The highest BCUT2D eigenvalue weighted by molar-refractivity contribution is 5.79. The molecule has 2 heterocycles. The lowest BCUT2D eigenvalue weighted by Gasteiger charge is -2.46. The maximum Gasteiger partial charge on any atom is 0.416 e. The number of amides is 1. The predicted octanol–water partition coefficient (Wildman–Crippen LogP) is 5.02. The molecular weight excluding hydrogens is 417 g/mol. The first kappa shape index (κ1) is 22.8. The van der Waals surface area contributed by atoms with Crippen LogP contribution in [0.4, 0.5) is 13.2 Å². The number of hydrogen-bond donors (Lipinski definition) is 2. The van der Waals surface area contributed by atoms with Crippen LogP contribution < -0.4 is 10.6 Å². The monoisotopic (exact) mass is 446 g/mol. The van der Waals surface area contributed by atoms with Gasteiger partial charge in [-0.15, -0.1) is 0 Å². The van der Waals surface area contributed by atoms with Crippen molar-refractivity contribution in [2.45, 2.75) is 62.9 Å². The molecule has 0 aliphatic carbocycles. The predicted molar refractivity (Wildman–Crippen MR) is 116 cm³/mol. The Bertz CT molecular complexity index is 967. The van der Waals surface area contributed by atoms with Crippen molar-refractivity contribution in [1.82, 2.24) is 10.6 Å². The molecule has 2 aliphatic heterocycles. The summed E-state index contributed by atoms with van der Waals surface area (Å²) in [5.74, 6) is 0.0869. The smallest absolute Gasteiger partial charge is 0.372 e. The van der Waals surface area contributed by atoms with Crippen LogP contribution in [0.5, 0.6) is 0 Å². The average molecular weight is 447 g/mol. The fourth-order valence-corrected chi connectivity index (χ4v) is 4.85. The van der Waals surface area contributed by atoms with Gasteiger partial charge in [0.05, 0.1) is 29.4 Å². The summed E-state index contributed by atoms with van der Waals surface area (Å²) >= 11 is 0. The minimum absolute atomic E-state index is 0.0869. The van der Waals surface area contributed by atoms with Crippen LogP contribution in [-0.4, -0.2) is 24.6 Å². The first-order valence-electron chi connectivity index (χ1n) is 11.0. The van der Waals surface area contributed by atoms with E-state index in [1.54, 1.807) is 19.9 Å². The molecule has 32 heavy (non-hydrogen) atoms. The zero-order valence-corrected chi connectivity index (χ0v) is 18.4. The van der Waals surface area contributed by atoms with E-state index in [2.05, 4.69) is 10.6 Å². The van der Waals surface area contributed by atoms with Gasteiger partial charge >= 0.3 is 6.18 Å². The molecule has 0 saturated carbocycles. The van der Waals surface area contributed by atoms with Crippen LogP contribution in [0.1, 0.15) is 61.0 Å². The third-order valence-corrected chi connectivity index (χ3v) is 6.83. The van der Waals surface area contributed by atoms with Gasteiger partial charge in [-0.25, -0.2) is 0 Å². The van der Waals surface area contributed by atoms with E-state index in [0.717, 1.165) is 30.9 Å². The highest BCUT2D eigenvalue weighted by Gasteiger charge is 2.46. The van der Waals surface area contributed by atoms with Gasteiger partial charge in [0.15, 0.2) is 0 Å². The van der Waals surface area contributed by atoms with Crippen LogP contribution in [0, 0.1) is 6.92 Å². The van der Waals surface area contributed by atoms with Crippen molar-refractivity contribution < 1.29 is 22.7 Å². The normalized spacial score (nSPS) is 26.8. The van der Waals surface area contributed by atoms with Crippen molar-refractivity contribution in [3.8, 4) is 0 Å². The summed E-state index contributed by atoms with van der Waals surface area (Å²) in [4.78, 5) is 11.8. The van der Waals surface area contributed by atoms with Crippen molar-refractivity contribution in [2.75, 3.05) is 13.2 Å². The third kappa shape index (κ3) is 4.69. The second kappa shape index (κ2) is 8.52. The second-order valence-corrected chi connectivity index (χ2v) is 9.21. The minimum Gasteiger partial charge on any atom is -0.372 e. The Morgan fingerprint density at radius 3 is 2.44 bits per heavy atom. The Kier molecular flexibility index (Phi) is 6.07. The van der Waals surface area contributed by atoms with Gasteiger partial charge in [-0.05, 0) is 56.4 Å². The van der Waals surface area contributed by atoms with Crippen molar-refractivity contribution in [3.05, 3.63) is 70.8 Å². The first-order chi connectivity index (χ1) is 15.1. The number of carbonyl (C=O) groups is 1. The summed E-state index contributed by atoms with van der Waals surface area (Å²) < 4.78 is 46.0. The molecule has 0 bridgehead atoms. The molecule has 172 valence electrons. The minimum atomic E-state index is -4.39. The first-order valence-corrected chi connectivity index (χ1v) is 11.0. The van der Waals surface area contributed by atoms with Crippen LogP contribution in [0.3, 0.4) is 0 Å². The molecule has 0 radical (unpaired) electrons. The average Bonchev–Trinajstić information content (AvgIpc) is 3.13. The van der Waals surface area contributed by atoms with Gasteiger partial charge in [-0.3, -0.25) is 4.79 Å². The number of carbonyl (C=O) groups excluding carboxylic acids is 1. The summed E-state index contributed by atoms with van der Waals surface area (Å²) in [5, 5.41) is 6.76. The number of nitrogens with one attached hydrogen (secondary N) is 2. The number of aryl methyl sites for hydroxylation is 1. The Hall–Kier alpha value is -2.38. The van der Waals surface area contributed by atoms with E-state index in [1.807, 2.05) is 30.3 Å². The Morgan fingerprint density at radius 1 is 1.09 bits per heavy atom. The number of alkyl halides is 3. The van der Waals surface area contributed by atoms with Gasteiger partial charge in [0, 0.05) is 13.0 Å². The van der Waals surface area contributed by atoms with Gasteiger partial charge in [0.2, 0.25) is 5.91 Å². The molecule has 4 nitrogen and oxygen atoms in total. The molecule has 2 fully saturated rings. The fraction of sp³-hybridized carbons (Fsp3) is 0.480. The summed E-state index contributed by atoms with van der Waals surface area (Å²) in [6.07, 6.45) is -1.96. The lowest BCUT2D eigenvalue weighted by atomic mass is 9.76. The largest absolute Gasteiger partial charge is 0.416 e. The van der Waals surface area contributed by atoms with Gasteiger partial charge in [0.25, 0.3) is 0 Å². The van der Waals surface area contributed by atoms with Crippen LogP contribution in [0.25, 0.3) is 0 Å². The van der Waals surface area contributed by atoms with Gasteiger partial charge in [-0.2, -0.15) is 13.2 Å². The number of halogens is 3. The van der Waals surface area contributed by atoms with Crippen LogP contribution in [0.2, 0.25) is 0 Å². The van der Waals surface area contributed by atoms with Crippen molar-refractivity contribution >= 4 is 5.91 Å². The lowest BCUT2D eigenvalue weighted by molar-refractivity contribution is -0.137. The SMILES string of the molecule is Cc1cc([C@@H](C)OC[C@]2(c3ccccc3)CC[C@]3(CCC(=O)N3)CN2)cc(C(F)(F)F)c1. The zero-order chi connectivity index (χ0) is 23.0. The second-order valence-electron chi connectivity index (χ2n) is 9.21. The maximum absolute atomic E-state index is 13.3. The molecule has 7 heteroatoms. The quantitative estimate of drug-likeness (QED) is 0.678. The number of piperidine rings is 1. The molecule has 3 atom stereocenters. The zero-order valence-electron chi connectivity index (χ0n) is 18.4. The molecule has 2 saturated heterocycles. The summed E-state index contributed by atoms with van der Waals surface area (Å²) in [7, 11) is 0. The molecular formula is C25H29F3N2O2.